The molecule has 1 heterocycles. The van der Waals surface area contributed by atoms with E-state index in [-0.39, 0.29) is 17.9 Å². The Labute approximate surface area is 124 Å². The van der Waals surface area contributed by atoms with Crippen LogP contribution in [0.5, 0.6) is 0 Å². The van der Waals surface area contributed by atoms with E-state index in [2.05, 4.69) is 10.6 Å². The molecule has 2 rings (SSSR count). The van der Waals surface area contributed by atoms with Crippen molar-refractivity contribution in [1.82, 2.24) is 10.6 Å². The van der Waals surface area contributed by atoms with Gasteiger partial charge in [-0.1, -0.05) is 23.7 Å². The highest BCUT2D eigenvalue weighted by molar-refractivity contribution is 6.30. The molecular weight excluding hydrogens is 276 g/mol. The van der Waals surface area contributed by atoms with E-state index < -0.39 is 0 Å². The Morgan fingerprint density at radius 2 is 2.05 bits per heavy atom. The molecule has 20 heavy (non-hydrogen) atoms. The molecule has 1 amide bonds. The monoisotopic (exact) mass is 296 g/mol. The number of nitrogens with one attached hydrogen (secondary N) is 2. The molecule has 1 fully saturated rings. The molecule has 1 aromatic rings. The molecule has 1 aliphatic rings. The summed E-state index contributed by atoms with van der Waals surface area (Å²) < 4.78 is 5.44. The fraction of sp³-hybridized carbons (Fsp3) is 0.533. The Morgan fingerprint density at radius 3 is 2.65 bits per heavy atom. The highest BCUT2D eigenvalue weighted by Gasteiger charge is 2.21. The second kappa shape index (κ2) is 7.62. The summed E-state index contributed by atoms with van der Waals surface area (Å²) in [5.74, 6) is 0.251. The fourth-order valence-corrected chi connectivity index (χ4v) is 2.56. The maximum absolute atomic E-state index is 12.1. The van der Waals surface area contributed by atoms with Gasteiger partial charge in [-0.3, -0.25) is 4.79 Å². The molecule has 0 spiro atoms. The van der Waals surface area contributed by atoms with Crippen LogP contribution in [0.1, 0.15) is 24.5 Å². The van der Waals surface area contributed by atoms with E-state index in [9.17, 15) is 4.79 Å². The second-order valence-corrected chi connectivity index (χ2v) is 5.48. The molecule has 0 aliphatic carbocycles. The number of rotatable bonds is 5. The maximum Gasteiger partial charge on any atom is 0.223 e. The van der Waals surface area contributed by atoms with Crippen LogP contribution >= 0.6 is 11.6 Å². The molecule has 0 saturated carbocycles. The maximum atomic E-state index is 12.1. The van der Waals surface area contributed by atoms with Crippen LogP contribution in [0.2, 0.25) is 5.02 Å². The van der Waals surface area contributed by atoms with E-state index in [1.165, 1.54) is 0 Å². The van der Waals surface area contributed by atoms with Crippen molar-refractivity contribution < 1.29 is 9.53 Å². The summed E-state index contributed by atoms with van der Waals surface area (Å²) in [5, 5.41) is 6.95. The zero-order chi connectivity index (χ0) is 14.4. The van der Waals surface area contributed by atoms with Crippen LogP contribution in [0.15, 0.2) is 24.3 Å². The number of methoxy groups -OCH3 is 1. The lowest BCUT2D eigenvalue weighted by Crippen LogP contribution is -2.39. The average Bonchev–Trinajstić information content (AvgIpc) is 2.50. The third-order valence-corrected chi connectivity index (χ3v) is 3.95. The minimum absolute atomic E-state index is 0.124. The predicted molar refractivity (Wildman–Crippen MR) is 79.8 cm³/mol. The van der Waals surface area contributed by atoms with Gasteiger partial charge in [-0.15, -0.1) is 0 Å². The van der Waals surface area contributed by atoms with Crippen molar-refractivity contribution >= 4 is 17.5 Å². The number of carbonyl (C=O) groups is 1. The summed E-state index contributed by atoms with van der Waals surface area (Å²) in [6.45, 7) is 2.33. The molecule has 2 N–H and O–H groups in total. The van der Waals surface area contributed by atoms with Crippen molar-refractivity contribution in [2.24, 2.45) is 5.92 Å². The lowest BCUT2D eigenvalue weighted by atomic mass is 9.97. The summed E-state index contributed by atoms with van der Waals surface area (Å²) in [4.78, 5) is 12.1. The number of amides is 1. The number of carbonyl (C=O) groups excluding carboxylic acids is 1. The number of piperidine rings is 1. The van der Waals surface area contributed by atoms with E-state index in [0.29, 0.717) is 11.6 Å². The third-order valence-electron chi connectivity index (χ3n) is 3.70. The largest absolute Gasteiger partial charge is 0.375 e. The van der Waals surface area contributed by atoms with Gasteiger partial charge in [-0.05, 0) is 43.6 Å². The summed E-state index contributed by atoms with van der Waals surface area (Å²) in [5.41, 5.74) is 1.02. The molecule has 1 aromatic carbocycles. The van der Waals surface area contributed by atoms with Gasteiger partial charge in [0.25, 0.3) is 0 Å². The van der Waals surface area contributed by atoms with Crippen LogP contribution in [0.3, 0.4) is 0 Å². The zero-order valence-corrected chi connectivity index (χ0v) is 12.5. The van der Waals surface area contributed by atoms with Crippen molar-refractivity contribution in [3.8, 4) is 0 Å². The third kappa shape index (κ3) is 4.20. The lowest BCUT2D eigenvalue weighted by Gasteiger charge is -2.23. The first-order valence-corrected chi connectivity index (χ1v) is 7.35. The quantitative estimate of drug-likeness (QED) is 0.875. The Hall–Kier alpha value is -1.10. The summed E-state index contributed by atoms with van der Waals surface area (Å²) in [6.07, 6.45) is 1.67. The van der Waals surface area contributed by atoms with Crippen molar-refractivity contribution in [3.05, 3.63) is 34.9 Å². The van der Waals surface area contributed by atoms with Gasteiger partial charge in [0.2, 0.25) is 5.91 Å². The number of hydrogen-bond donors (Lipinski definition) is 2. The molecule has 1 saturated heterocycles. The van der Waals surface area contributed by atoms with E-state index >= 15 is 0 Å². The highest BCUT2D eigenvalue weighted by Crippen LogP contribution is 2.19. The summed E-state index contributed by atoms with van der Waals surface area (Å²) in [7, 11) is 1.65. The Bertz CT molecular complexity index is 430. The Kier molecular flexibility index (Phi) is 5.83. The zero-order valence-electron chi connectivity index (χ0n) is 11.7. The van der Waals surface area contributed by atoms with Gasteiger partial charge in [0.15, 0.2) is 0 Å². The average molecular weight is 297 g/mol. The molecule has 1 aliphatic heterocycles. The first kappa shape index (κ1) is 15.3. The van der Waals surface area contributed by atoms with Crippen LogP contribution in [0.4, 0.5) is 0 Å². The van der Waals surface area contributed by atoms with Crippen molar-refractivity contribution in [3.63, 3.8) is 0 Å². The molecule has 110 valence electrons. The molecular formula is C15H21ClN2O2. The van der Waals surface area contributed by atoms with E-state index in [1.807, 2.05) is 24.3 Å². The van der Waals surface area contributed by atoms with Crippen LogP contribution in [0.25, 0.3) is 0 Å². The van der Waals surface area contributed by atoms with Gasteiger partial charge in [0.05, 0.1) is 6.10 Å². The lowest BCUT2D eigenvalue weighted by molar-refractivity contribution is -0.126. The van der Waals surface area contributed by atoms with Crippen molar-refractivity contribution in [2.45, 2.75) is 18.9 Å². The normalized spacial score (nSPS) is 17.7. The molecule has 4 nitrogen and oxygen atoms in total. The van der Waals surface area contributed by atoms with Gasteiger partial charge in [-0.25, -0.2) is 0 Å². The van der Waals surface area contributed by atoms with Crippen LogP contribution < -0.4 is 10.6 Å². The number of ether oxygens (including phenoxy) is 1. The number of hydrogen-bond acceptors (Lipinski definition) is 3. The van der Waals surface area contributed by atoms with Crippen LogP contribution in [-0.4, -0.2) is 32.7 Å². The predicted octanol–water partition coefficient (Wildman–Crippen LogP) is 2.14. The van der Waals surface area contributed by atoms with E-state index in [4.69, 9.17) is 16.3 Å². The molecule has 1 unspecified atom stereocenters. The topological polar surface area (TPSA) is 50.4 Å². The molecule has 1 atom stereocenters. The minimum Gasteiger partial charge on any atom is -0.375 e. The first-order chi connectivity index (χ1) is 9.70. The van der Waals surface area contributed by atoms with E-state index in [0.717, 1.165) is 31.5 Å². The van der Waals surface area contributed by atoms with Crippen molar-refractivity contribution in [2.75, 3.05) is 26.7 Å². The van der Waals surface area contributed by atoms with Gasteiger partial charge >= 0.3 is 0 Å². The molecule has 5 heteroatoms. The molecule has 0 bridgehead atoms. The Morgan fingerprint density at radius 1 is 1.40 bits per heavy atom. The first-order valence-electron chi connectivity index (χ1n) is 6.97. The summed E-state index contributed by atoms with van der Waals surface area (Å²) >= 11 is 5.87. The van der Waals surface area contributed by atoms with Gasteiger partial charge in [0.1, 0.15) is 0 Å². The summed E-state index contributed by atoms with van der Waals surface area (Å²) in [6, 6.07) is 7.51. The van der Waals surface area contributed by atoms with E-state index in [1.54, 1.807) is 7.11 Å². The minimum atomic E-state index is -0.141. The molecule has 0 aromatic heterocycles. The smallest absolute Gasteiger partial charge is 0.223 e. The molecule has 0 radical (unpaired) electrons. The van der Waals surface area contributed by atoms with Crippen LogP contribution in [-0.2, 0) is 9.53 Å². The number of halogens is 1. The van der Waals surface area contributed by atoms with Gasteiger partial charge in [0, 0.05) is 24.6 Å². The van der Waals surface area contributed by atoms with Gasteiger partial charge in [-0.2, -0.15) is 0 Å². The van der Waals surface area contributed by atoms with Crippen LogP contribution in [0, 0.1) is 5.92 Å². The number of benzene rings is 1. The van der Waals surface area contributed by atoms with Crippen molar-refractivity contribution in [1.29, 1.82) is 0 Å². The van der Waals surface area contributed by atoms with Gasteiger partial charge < -0.3 is 15.4 Å². The fourth-order valence-electron chi connectivity index (χ4n) is 2.44. The Balaban J connectivity index is 1.86. The standard InChI is InChI=1S/C15H21ClN2O2/c1-20-14(11-2-4-13(16)5-3-11)10-18-15(19)12-6-8-17-9-7-12/h2-5,12,14,17H,6-10H2,1H3,(H,18,19). The SMILES string of the molecule is COC(CNC(=O)C1CCNCC1)c1ccc(Cl)cc1. The highest BCUT2D eigenvalue weighted by atomic mass is 35.5. The second-order valence-electron chi connectivity index (χ2n) is 5.05.